The Labute approximate surface area is 127 Å². The standard InChI is InChI=1S/C15H14ClN3O2/c1-21-15(20)19(14-9-7-12(16)8-10-14)18-11-17-13-5-3-2-4-6-13/h2-11H,1H3,(H,17,18). The molecule has 0 aliphatic rings. The SMILES string of the molecule is COC(=O)N(NC=Nc1ccccc1)c1ccc(Cl)cc1. The van der Waals surface area contributed by atoms with Crippen molar-refractivity contribution in [3.8, 4) is 0 Å². The van der Waals surface area contributed by atoms with Crippen molar-refractivity contribution < 1.29 is 9.53 Å². The monoisotopic (exact) mass is 303 g/mol. The van der Waals surface area contributed by atoms with Gasteiger partial charge in [-0.3, -0.25) is 5.43 Å². The lowest BCUT2D eigenvalue weighted by Crippen LogP contribution is -2.42. The number of anilines is 1. The van der Waals surface area contributed by atoms with Crippen LogP contribution in [0.2, 0.25) is 5.02 Å². The van der Waals surface area contributed by atoms with Crippen molar-refractivity contribution in [2.45, 2.75) is 0 Å². The number of hydrogen-bond acceptors (Lipinski definition) is 3. The molecule has 5 nitrogen and oxygen atoms in total. The van der Waals surface area contributed by atoms with E-state index in [0.29, 0.717) is 10.7 Å². The molecule has 0 fully saturated rings. The minimum Gasteiger partial charge on any atom is -0.451 e. The van der Waals surface area contributed by atoms with Crippen molar-refractivity contribution in [1.82, 2.24) is 5.43 Å². The van der Waals surface area contributed by atoms with Crippen LogP contribution in [-0.2, 0) is 4.74 Å². The van der Waals surface area contributed by atoms with E-state index in [2.05, 4.69) is 10.4 Å². The van der Waals surface area contributed by atoms with Gasteiger partial charge in [0.15, 0.2) is 0 Å². The molecule has 108 valence electrons. The normalized spacial score (nSPS) is 10.4. The summed E-state index contributed by atoms with van der Waals surface area (Å²) in [6.45, 7) is 0. The number of methoxy groups -OCH3 is 1. The summed E-state index contributed by atoms with van der Waals surface area (Å²) in [6, 6.07) is 16.1. The number of nitrogens with one attached hydrogen (secondary N) is 1. The van der Waals surface area contributed by atoms with Crippen LogP contribution >= 0.6 is 11.6 Å². The quantitative estimate of drug-likeness (QED) is 0.531. The second-order valence-electron chi connectivity index (χ2n) is 4.00. The first-order valence-electron chi connectivity index (χ1n) is 6.18. The zero-order valence-electron chi connectivity index (χ0n) is 11.4. The Kier molecular flexibility index (Phi) is 5.17. The summed E-state index contributed by atoms with van der Waals surface area (Å²) < 4.78 is 4.73. The highest BCUT2D eigenvalue weighted by Crippen LogP contribution is 2.17. The number of benzene rings is 2. The number of carbonyl (C=O) groups excluding carboxylic acids is 1. The molecule has 0 bridgehead atoms. The number of hydrogen-bond donors (Lipinski definition) is 1. The van der Waals surface area contributed by atoms with Gasteiger partial charge < -0.3 is 4.74 Å². The molecule has 1 amide bonds. The zero-order chi connectivity index (χ0) is 15.1. The summed E-state index contributed by atoms with van der Waals surface area (Å²) in [7, 11) is 1.31. The number of ether oxygens (including phenoxy) is 1. The number of hydrazine groups is 1. The maximum absolute atomic E-state index is 11.8. The minimum absolute atomic E-state index is 0.558. The van der Waals surface area contributed by atoms with Gasteiger partial charge in [-0.1, -0.05) is 29.8 Å². The number of carbonyl (C=O) groups is 1. The van der Waals surface area contributed by atoms with Crippen molar-refractivity contribution in [3.05, 3.63) is 59.6 Å². The predicted molar refractivity (Wildman–Crippen MR) is 84.1 cm³/mol. The molecule has 6 heteroatoms. The van der Waals surface area contributed by atoms with Crippen LogP contribution in [0.1, 0.15) is 0 Å². The molecular weight excluding hydrogens is 290 g/mol. The number of aliphatic imine (C=N–C) groups is 1. The molecule has 0 aliphatic carbocycles. The van der Waals surface area contributed by atoms with Crippen molar-refractivity contribution in [2.24, 2.45) is 4.99 Å². The highest BCUT2D eigenvalue weighted by molar-refractivity contribution is 6.30. The van der Waals surface area contributed by atoms with Crippen LogP contribution in [0.4, 0.5) is 16.2 Å². The van der Waals surface area contributed by atoms with Crippen molar-refractivity contribution in [2.75, 3.05) is 12.1 Å². The van der Waals surface area contributed by atoms with Gasteiger partial charge in [0.25, 0.3) is 0 Å². The smallest absolute Gasteiger partial charge is 0.433 e. The molecule has 0 saturated heterocycles. The van der Waals surface area contributed by atoms with Gasteiger partial charge in [0.2, 0.25) is 0 Å². The van der Waals surface area contributed by atoms with Gasteiger partial charge in [-0.15, -0.1) is 0 Å². The van der Waals surface area contributed by atoms with Crippen LogP contribution in [-0.4, -0.2) is 19.5 Å². The highest BCUT2D eigenvalue weighted by atomic mass is 35.5. The first-order chi connectivity index (χ1) is 10.2. The molecule has 0 aliphatic heterocycles. The fourth-order valence-electron chi connectivity index (χ4n) is 1.59. The number of halogens is 1. The lowest BCUT2D eigenvalue weighted by atomic mass is 10.3. The molecule has 2 aromatic rings. The second kappa shape index (κ2) is 7.31. The van der Waals surface area contributed by atoms with E-state index < -0.39 is 6.09 Å². The Hall–Kier alpha value is -2.53. The van der Waals surface area contributed by atoms with E-state index in [1.54, 1.807) is 24.3 Å². The van der Waals surface area contributed by atoms with Crippen LogP contribution in [0.3, 0.4) is 0 Å². The average Bonchev–Trinajstić information content (AvgIpc) is 2.53. The Morgan fingerprint density at radius 3 is 2.48 bits per heavy atom. The first kappa shape index (κ1) is 14.9. The van der Waals surface area contributed by atoms with E-state index in [1.165, 1.54) is 18.5 Å². The topological polar surface area (TPSA) is 53.9 Å². The van der Waals surface area contributed by atoms with Crippen LogP contribution in [0, 0.1) is 0 Å². The number of nitrogens with zero attached hydrogens (tertiary/aromatic N) is 2. The Morgan fingerprint density at radius 2 is 1.86 bits per heavy atom. The zero-order valence-corrected chi connectivity index (χ0v) is 12.1. The van der Waals surface area contributed by atoms with Gasteiger partial charge in [0.1, 0.15) is 6.34 Å². The van der Waals surface area contributed by atoms with Crippen LogP contribution in [0.15, 0.2) is 59.6 Å². The summed E-state index contributed by atoms with van der Waals surface area (Å²) in [5, 5.41) is 1.81. The van der Waals surface area contributed by atoms with E-state index in [9.17, 15) is 4.79 Å². The predicted octanol–water partition coefficient (Wildman–Crippen LogP) is 3.78. The van der Waals surface area contributed by atoms with E-state index in [1.807, 2.05) is 30.3 Å². The highest BCUT2D eigenvalue weighted by Gasteiger charge is 2.14. The number of para-hydroxylation sites is 1. The van der Waals surface area contributed by atoms with Gasteiger partial charge in [-0.2, -0.15) is 5.01 Å². The molecular formula is C15H14ClN3O2. The van der Waals surface area contributed by atoms with E-state index in [-0.39, 0.29) is 0 Å². The molecule has 21 heavy (non-hydrogen) atoms. The van der Waals surface area contributed by atoms with Gasteiger partial charge in [-0.05, 0) is 36.4 Å². The summed E-state index contributed by atoms with van der Waals surface area (Å²) in [4.78, 5) is 16.0. The van der Waals surface area contributed by atoms with Gasteiger partial charge in [0.05, 0.1) is 18.5 Å². The molecule has 0 saturated carbocycles. The van der Waals surface area contributed by atoms with Gasteiger partial charge in [-0.25, -0.2) is 9.79 Å². The first-order valence-corrected chi connectivity index (χ1v) is 6.56. The summed E-state index contributed by atoms with van der Waals surface area (Å²) in [5.41, 5.74) is 4.14. The number of rotatable bonds is 4. The minimum atomic E-state index is -0.558. The summed E-state index contributed by atoms with van der Waals surface area (Å²) >= 11 is 5.83. The molecule has 0 aromatic heterocycles. The molecule has 0 unspecified atom stereocenters. The fourth-order valence-corrected chi connectivity index (χ4v) is 1.72. The second-order valence-corrected chi connectivity index (χ2v) is 4.44. The molecule has 0 radical (unpaired) electrons. The van der Waals surface area contributed by atoms with Crippen LogP contribution < -0.4 is 10.4 Å². The Morgan fingerprint density at radius 1 is 1.19 bits per heavy atom. The van der Waals surface area contributed by atoms with Crippen LogP contribution in [0.25, 0.3) is 0 Å². The maximum Gasteiger partial charge on any atom is 0.433 e. The van der Waals surface area contributed by atoms with Crippen LogP contribution in [0.5, 0.6) is 0 Å². The summed E-state index contributed by atoms with van der Waals surface area (Å²) in [6.07, 6.45) is 0.859. The molecule has 0 spiro atoms. The van der Waals surface area contributed by atoms with E-state index in [0.717, 1.165) is 5.69 Å². The van der Waals surface area contributed by atoms with Crippen molar-refractivity contribution in [1.29, 1.82) is 0 Å². The Balaban J connectivity index is 2.12. The largest absolute Gasteiger partial charge is 0.451 e. The average molecular weight is 304 g/mol. The molecule has 2 rings (SSSR count). The van der Waals surface area contributed by atoms with E-state index >= 15 is 0 Å². The van der Waals surface area contributed by atoms with Crippen molar-refractivity contribution in [3.63, 3.8) is 0 Å². The third kappa shape index (κ3) is 4.22. The van der Waals surface area contributed by atoms with E-state index in [4.69, 9.17) is 16.3 Å². The maximum atomic E-state index is 11.8. The molecule has 0 heterocycles. The fraction of sp³-hybridized carbons (Fsp3) is 0.0667. The molecule has 1 N–H and O–H groups in total. The lowest BCUT2D eigenvalue weighted by molar-refractivity contribution is 0.177. The lowest BCUT2D eigenvalue weighted by Gasteiger charge is -2.20. The summed E-state index contributed by atoms with van der Waals surface area (Å²) in [5.74, 6) is 0. The molecule has 2 aromatic carbocycles. The molecule has 0 atom stereocenters. The van der Waals surface area contributed by atoms with Gasteiger partial charge >= 0.3 is 6.09 Å². The third-order valence-electron chi connectivity index (χ3n) is 2.60. The Bertz CT molecular complexity index is 615. The number of amides is 1. The third-order valence-corrected chi connectivity index (χ3v) is 2.85. The van der Waals surface area contributed by atoms with Crippen molar-refractivity contribution >= 4 is 35.4 Å². The van der Waals surface area contributed by atoms with Gasteiger partial charge in [0, 0.05) is 5.02 Å².